The van der Waals surface area contributed by atoms with Crippen molar-refractivity contribution in [2.24, 2.45) is 0 Å². The molecule has 2 aliphatic rings. The molecule has 1 saturated heterocycles. The molecule has 1 aromatic carbocycles. The molecule has 1 aromatic heterocycles. The predicted octanol–water partition coefficient (Wildman–Crippen LogP) is 4.94. The van der Waals surface area contributed by atoms with Crippen LogP contribution >= 0.6 is 11.6 Å². The molecule has 0 spiro atoms. The SMILES string of the molecule is O=C(Nc1ccccc1C(=O)Nc1ccc(Cl)cn1)OC1CCN(C2CCCC2)CC1. The molecule has 1 saturated carbocycles. The third-order valence-electron chi connectivity index (χ3n) is 5.97. The molecule has 0 unspecified atom stereocenters. The molecule has 2 amide bonds. The monoisotopic (exact) mass is 442 g/mol. The Morgan fingerprint density at radius 3 is 2.45 bits per heavy atom. The van der Waals surface area contributed by atoms with Gasteiger partial charge in [0.2, 0.25) is 0 Å². The third-order valence-corrected chi connectivity index (χ3v) is 6.19. The van der Waals surface area contributed by atoms with Crippen LogP contribution in [0.2, 0.25) is 5.02 Å². The number of pyridine rings is 1. The van der Waals surface area contributed by atoms with Crippen LogP contribution in [0.15, 0.2) is 42.6 Å². The van der Waals surface area contributed by atoms with E-state index in [4.69, 9.17) is 16.3 Å². The zero-order chi connectivity index (χ0) is 21.6. The van der Waals surface area contributed by atoms with Gasteiger partial charge >= 0.3 is 6.09 Å². The van der Waals surface area contributed by atoms with Gasteiger partial charge < -0.3 is 15.0 Å². The molecule has 7 nitrogen and oxygen atoms in total. The van der Waals surface area contributed by atoms with Gasteiger partial charge in [-0.25, -0.2) is 9.78 Å². The number of carbonyl (C=O) groups is 2. The number of hydrogen-bond donors (Lipinski definition) is 2. The highest BCUT2D eigenvalue weighted by Gasteiger charge is 2.28. The topological polar surface area (TPSA) is 83.6 Å². The molecule has 1 aliphatic heterocycles. The smallest absolute Gasteiger partial charge is 0.411 e. The molecule has 2 aromatic rings. The van der Waals surface area contributed by atoms with Crippen molar-refractivity contribution in [2.75, 3.05) is 23.7 Å². The van der Waals surface area contributed by atoms with Crippen LogP contribution in [0.3, 0.4) is 0 Å². The molecule has 0 atom stereocenters. The van der Waals surface area contributed by atoms with Crippen molar-refractivity contribution in [1.82, 2.24) is 9.88 Å². The van der Waals surface area contributed by atoms with Gasteiger partial charge in [0.15, 0.2) is 0 Å². The van der Waals surface area contributed by atoms with E-state index in [2.05, 4.69) is 20.5 Å². The number of aromatic nitrogens is 1. The Labute approximate surface area is 187 Å². The third kappa shape index (κ3) is 5.74. The van der Waals surface area contributed by atoms with Gasteiger partial charge in [0.25, 0.3) is 5.91 Å². The summed E-state index contributed by atoms with van der Waals surface area (Å²) in [5, 5.41) is 5.91. The van der Waals surface area contributed by atoms with Crippen LogP contribution in [0.5, 0.6) is 0 Å². The van der Waals surface area contributed by atoms with Crippen LogP contribution in [0, 0.1) is 0 Å². The van der Waals surface area contributed by atoms with Crippen molar-refractivity contribution in [2.45, 2.75) is 50.7 Å². The summed E-state index contributed by atoms with van der Waals surface area (Å²) in [6.07, 6.45) is 7.72. The summed E-state index contributed by atoms with van der Waals surface area (Å²) < 4.78 is 5.64. The first-order chi connectivity index (χ1) is 15.1. The number of piperidine rings is 1. The van der Waals surface area contributed by atoms with E-state index >= 15 is 0 Å². The lowest BCUT2D eigenvalue weighted by Gasteiger charge is -2.35. The highest BCUT2D eigenvalue weighted by atomic mass is 35.5. The van der Waals surface area contributed by atoms with Gasteiger partial charge in [-0.05, 0) is 49.9 Å². The Morgan fingerprint density at radius 2 is 1.74 bits per heavy atom. The second kappa shape index (κ2) is 10.1. The minimum Gasteiger partial charge on any atom is -0.446 e. The molecule has 2 N–H and O–H groups in total. The Bertz CT molecular complexity index is 907. The normalized spacial score (nSPS) is 18.0. The fraction of sp³-hybridized carbons (Fsp3) is 0.435. The van der Waals surface area contributed by atoms with E-state index in [1.165, 1.54) is 31.9 Å². The van der Waals surface area contributed by atoms with Crippen molar-refractivity contribution >= 4 is 35.1 Å². The highest BCUT2D eigenvalue weighted by Crippen LogP contribution is 2.27. The number of nitrogens with zero attached hydrogens (tertiary/aromatic N) is 2. The van der Waals surface area contributed by atoms with Crippen LogP contribution in [0.25, 0.3) is 0 Å². The first-order valence-electron chi connectivity index (χ1n) is 10.8. The molecule has 2 fully saturated rings. The second-order valence-corrected chi connectivity index (χ2v) is 8.50. The molecule has 2 heterocycles. The minimum absolute atomic E-state index is 0.100. The zero-order valence-electron chi connectivity index (χ0n) is 17.4. The van der Waals surface area contributed by atoms with E-state index in [1.54, 1.807) is 36.4 Å². The standard InChI is InChI=1S/C23H27ClN4O3/c24-16-9-10-21(25-15-16)27-22(29)19-7-3-4-8-20(19)26-23(30)31-18-11-13-28(14-12-18)17-5-1-2-6-17/h3-4,7-10,15,17-18H,1-2,5-6,11-14H2,(H,26,30)(H,25,27,29). The number of carbonyl (C=O) groups excluding carboxylic acids is 2. The Balaban J connectivity index is 1.31. The number of nitrogens with one attached hydrogen (secondary N) is 2. The lowest BCUT2D eigenvalue weighted by atomic mass is 10.0. The van der Waals surface area contributed by atoms with E-state index in [-0.39, 0.29) is 12.0 Å². The summed E-state index contributed by atoms with van der Waals surface area (Å²) in [6.45, 7) is 1.94. The number of amides is 2. The minimum atomic E-state index is -0.538. The molecule has 1 aliphatic carbocycles. The first-order valence-corrected chi connectivity index (χ1v) is 11.2. The number of rotatable bonds is 5. The van der Waals surface area contributed by atoms with Crippen LogP contribution in [-0.4, -0.2) is 47.1 Å². The predicted molar refractivity (Wildman–Crippen MR) is 121 cm³/mol. The van der Waals surface area contributed by atoms with Gasteiger partial charge in [-0.1, -0.05) is 36.6 Å². The van der Waals surface area contributed by atoms with Crippen LogP contribution in [0.4, 0.5) is 16.3 Å². The van der Waals surface area contributed by atoms with Gasteiger partial charge in [-0.2, -0.15) is 0 Å². The van der Waals surface area contributed by atoms with Crippen molar-refractivity contribution in [3.63, 3.8) is 0 Å². The van der Waals surface area contributed by atoms with Crippen LogP contribution < -0.4 is 10.6 Å². The molecular weight excluding hydrogens is 416 g/mol. The number of ether oxygens (including phenoxy) is 1. The maximum absolute atomic E-state index is 12.7. The van der Waals surface area contributed by atoms with E-state index in [0.717, 1.165) is 25.9 Å². The number of anilines is 2. The van der Waals surface area contributed by atoms with E-state index in [1.807, 2.05) is 0 Å². The zero-order valence-corrected chi connectivity index (χ0v) is 18.1. The molecule has 8 heteroatoms. The summed E-state index contributed by atoms with van der Waals surface area (Å²) in [4.78, 5) is 31.8. The fourth-order valence-electron chi connectivity index (χ4n) is 4.34. The second-order valence-electron chi connectivity index (χ2n) is 8.07. The summed E-state index contributed by atoms with van der Waals surface area (Å²) in [5.41, 5.74) is 0.717. The number of hydrogen-bond acceptors (Lipinski definition) is 5. The van der Waals surface area contributed by atoms with Crippen molar-refractivity contribution in [3.8, 4) is 0 Å². The van der Waals surface area contributed by atoms with Crippen molar-refractivity contribution in [3.05, 3.63) is 53.2 Å². The molecule has 4 rings (SSSR count). The quantitative estimate of drug-likeness (QED) is 0.685. The first kappa shape index (κ1) is 21.6. The van der Waals surface area contributed by atoms with Crippen LogP contribution in [-0.2, 0) is 4.74 Å². The maximum atomic E-state index is 12.7. The number of likely N-dealkylation sites (tertiary alicyclic amines) is 1. The number of para-hydroxylation sites is 1. The summed E-state index contributed by atoms with van der Waals surface area (Å²) in [6, 6.07) is 10.8. The van der Waals surface area contributed by atoms with Gasteiger partial charge in [0, 0.05) is 25.3 Å². The number of halogens is 1. The Hall–Kier alpha value is -2.64. The van der Waals surface area contributed by atoms with Gasteiger partial charge in [0.05, 0.1) is 16.3 Å². The van der Waals surface area contributed by atoms with Gasteiger partial charge in [0.1, 0.15) is 11.9 Å². The summed E-state index contributed by atoms with van der Waals surface area (Å²) >= 11 is 5.83. The average molecular weight is 443 g/mol. The van der Waals surface area contributed by atoms with Gasteiger partial charge in [-0.3, -0.25) is 10.1 Å². The summed E-state index contributed by atoms with van der Waals surface area (Å²) in [7, 11) is 0. The molecule has 0 radical (unpaired) electrons. The molecule has 0 bridgehead atoms. The van der Waals surface area contributed by atoms with E-state index in [9.17, 15) is 9.59 Å². The Kier molecular flexibility index (Phi) is 7.04. The Morgan fingerprint density at radius 1 is 1.00 bits per heavy atom. The molecule has 164 valence electrons. The average Bonchev–Trinajstić information content (AvgIpc) is 3.31. The van der Waals surface area contributed by atoms with E-state index < -0.39 is 6.09 Å². The highest BCUT2D eigenvalue weighted by molar-refractivity contribution is 6.30. The maximum Gasteiger partial charge on any atom is 0.411 e. The van der Waals surface area contributed by atoms with E-state index in [0.29, 0.717) is 28.1 Å². The van der Waals surface area contributed by atoms with Crippen molar-refractivity contribution < 1.29 is 14.3 Å². The van der Waals surface area contributed by atoms with Gasteiger partial charge in [-0.15, -0.1) is 0 Å². The summed E-state index contributed by atoms with van der Waals surface area (Å²) in [5.74, 6) is -0.00334. The lowest BCUT2D eigenvalue weighted by molar-refractivity contribution is 0.0453. The molecule has 31 heavy (non-hydrogen) atoms. The largest absolute Gasteiger partial charge is 0.446 e. The molecular formula is C23H27ClN4O3. The lowest BCUT2D eigenvalue weighted by Crippen LogP contribution is -2.43. The fourth-order valence-corrected chi connectivity index (χ4v) is 4.45. The van der Waals surface area contributed by atoms with Crippen LogP contribution in [0.1, 0.15) is 48.9 Å². The van der Waals surface area contributed by atoms with Crippen molar-refractivity contribution in [1.29, 1.82) is 0 Å². The number of benzene rings is 1.